The number of halogens is 1. The second-order valence-corrected chi connectivity index (χ2v) is 6.67. The standard InChI is InChI=1S/C17H26BrNO/c1-3-5-14-6-4-10-19(11-9-14)13-15-12-16(20-2)7-8-17(15)18/h7-8,12,14H,3-6,9-11,13H2,1-2H3. The maximum atomic E-state index is 5.33. The maximum Gasteiger partial charge on any atom is 0.119 e. The molecule has 3 heteroatoms. The highest BCUT2D eigenvalue weighted by Gasteiger charge is 2.17. The Kier molecular flexibility index (Phi) is 6.37. The minimum Gasteiger partial charge on any atom is -0.497 e. The summed E-state index contributed by atoms with van der Waals surface area (Å²) in [6.07, 6.45) is 6.83. The summed E-state index contributed by atoms with van der Waals surface area (Å²) in [7, 11) is 1.73. The van der Waals surface area contributed by atoms with Crippen molar-refractivity contribution in [2.45, 2.75) is 45.6 Å². The molecule has 112 valence electrons. The minimum atomic E-state index is 0.943. The highest BCUT2D eigenvalue weighted by Crippen LogP contribution is 2.26. The van der Waals surface area contributed by atoms with Crippen molar-refractivity contribution in [3.8, 4) is 5.75 Å². The van der Waals surface area contributed by atoms with Crippen molar-refractivity contribution in [1.82, 2.24) is 4.90 Å². The van der Waals surface area contributed by atoms with Gasteiger partial charge in [0.15, 0.2) is 0 Å². The van der Waals surface area contributed by atoms with Gasteiger partial charge in [0.1, 0.15) is 5.75 Å². The van der Waals surface area contributed by atoms with Gasteiger partial charge in [-0.3, -0.25) is 4.90 Å². The molecule has 0 N–H and O–H groups in total. The van der Waals surface area contributed by atoms with Crippen molar-refractivity contribution >= 4 is 15.9 Å². The van der Waals surface area contributed by atoms with Crippen LogP contribution in [-0.4, -0.2) is 25.1 Å². The first-order valence-corrected chi connectivity index (χ1v) is 8.57. The molecule has 0 radical (unpaired) electrons. The fourth-order valence-electron chi connectivity index (χ4n) is 3.12. The summed E-state index contributed by atoms with van der Waals surface area (Å²) in [5.41, 5.74) is 1.33. The Hall–Kier alpha value is -0.540. The quantitative estimate of drug-likeness (QED) is 0.759. The molecule has 1 aliphatic rings. The Morgan fingerprint density at radius 2 is 2.15 bits per heavy atom. The number of ether oxygens (including phenoxy) is 1. The molecule has 20 heavy (non-hydrogen) atoms. The van der Waals surface area contributed by atoms with Gasteiger partial charge in [-0.15, -0.1) is 0 Å². The van der Waals surface area contributed by atoms with Gasteiger partial charge in [0.2, 0.25) is 0 Å². The normalized spacial score (nSPS) is 20.6. The Morgan fingerprint density at radius 1 is 1.30 bits per heavy atom. The highest BCUT2D eigenvalue weighted by molar-refractivity contribution is 9.10. The summed E-state index contributed by atoms with van der Waals surface area (Å²) in [6.45, 7) is 5.78. The molecule has 1 heterocycles. The van der Waals surface area contributed by atoms with Crippen LogP contribution < -0.4 is 4.74 Å². The van der Waals surface area contributed by atoms with E-state index in [1.54, 1.807) is 7.11 Å². The van der Waals surface area contributed by atoms with Gasteiger partial charge in [-0.1, -0.05) is 35.7 Å². The first-order valence-electron chi connectivity index (χ1n) is 7.77. The molecular formula is C17H26BrNO. The van der Waals surface area contributed by atoms with Crippen LogP contribution in [0.25, 0.3) is 0 Å². The number of methoxy groups -OCH3 is 1. The molecule has 1 unspecified atom stereocenters. The van der Waals surface area contributed by atoms with E-state index in [0.29, 0.717) is 0 Å². The lowest BCUT2D eigenvalue weighted by molar-refractivity contribution is 0.270. The summed E-state index contributed by atoms with van der Waals surface area (Å²) < 4.78 is 6.52. The van der Waals surface area contributed by atoms with Crippen molar-refractivity contribution in [2.75, 3.05) is 20.2 Å². The molecule has 0 saturated carbocycles. The first kappa shape index (κ1) is 15.8. The van der Waals surface area contributed by atoms with Crippen LogP contribution in [0.4, 0.5) is 0 Å². The van der Waals surface area contributed by atoms with E-state index in [2.05, 4.69) is 39.9 Å². The fourth-order valence-corrected chi connectivity index (χ4v) is 3.49. The zero-order chi connectivity index (χ0) is 14.4. The molecule has 1 saturated heterocycles. The monoisotopic (exact) mass is 339 g/mol. The van der Waals surface area contributed by atoms with Gasteiger partial charge in [-0.05, 0) is 62.0 Å². The van der Waals surface area contributed by atoms with Gasteiger partial charge in [-0.2, -0.15) is 0 Å². The van der Waals surface area contributed by atoms with Crippen LogP contribution in [0.2, 0.25) is 0 Å². The summed E-state index contributed by atoms with van der Waals surface area (Å²) in [4.78, 5) is 2.59. The van der Waals surface area contributed by atoms with Gasteiger partial charge in [-0.25, -0.2) is 0 Å². The topological polar surface area (TPSA) is 12.5 Å². The van der Waals surface area contributed by atoms with E-state index in [9.17, 15) is 0 Å². The summed E-state index contributed by atoms with van der Waals surface area (Å²) >= 11 is 3.66. The molecular weight excluding hydrogens is 314 g/mol. The lowest BCUT2D eigenvalue weighted by atomic mass is 9.96. The van der Waals surface area contributed by atoms with Gasteiger partial charge in [0.25, 0.3) is 0 Å². The zero-order valence-electron chi connectivity index (χ0n) is 12.7. The fraction of sp³-hybridized carbons (Fsp3) is 0.647. The number of benzene rings is 1. The Balaban J connectivity index is 1.96. The molecule has 2 rings (SSSR count). The van der Waals surface area contributed by atoms with Crippen molar-refractivity contribution in [1.29, 1.82) is 0 Å². The summed E-state index contributed by atoms with van der Waals surface area (Å²) in [5.74, 6) is 1.89. The molecule has 0 aromatic heterocycles. The molecule has 0 bridgehead atoms. The van der Waals surface area contributed by atoms with E-state index in [0.717, 1.165) is 18.2 Å². The van der Waals surface area contributed by atoms with Crippen LogP contribution in [0, 0.1) is 5.92 Å². The van der Waals surface area contributed by atoms with Crippen molar-refractivity contribution in [3.63, 3.8) is 0 Å². The molecule has 1 fully saturated rings. The van der Waals surface area contributed by atoms with Crippen LogP contribution in [-0.2, 0) is 6.54 Å². The van der Waals surface area contributed by atoms with Crippen LogP contribution >= 0.6 is 15.9 Å². The molecule has 1 atom stereocenters. The van der Waals surface area contributed by atoms with Gasteiger partial charge in [0.05, 0.1) is 7.11 Å². The molecule has 1 aliphatic heterocycles. The van der Waals surface area contributed by atoms with E-state index in [1.165, 1.54) is 55.2 Å². The highest BCUT2D eigenvalue weighted by atomic mass is 79.9. The third kappa shape index (κ3) is 4.49. The van der Waals surface area contributed by atoms with Crippen LogP contribution in [0.3, 0.4) is 0 Å². The third-order valence-electron chi connectivity index (χ3n) is 4.28. The van der Waals surface area contributed by atoms with Crippen LogP contribution in [0.15, 0.2) is 22.7 Å². The number of nitrogens with zero attached hydrogens (tertiary/aromatic N) is 1. The number of rotatable bonds is 5. The van der Waals surface area contributed by atoms with Crippen molar-refractivity contribution < 1.29 is 4.74 Å². The summed E-state index contributed by atoms with van der Waals surface area (Å²) in [5, 5.41) is 0. The molecule has 0 aliphatic carbocycles. The smallest absolute Gasteiger partial charge is 0.119 e. The number of hydrogen-bond donors (Lipinski definition) is 0. The first-order chi connectivity index (χ1) is 9.72. The van der Waals surface area contributed by atoms with Gasteiger partial charge >= 0.3 is 0 Å². The van der Waals surface area contributed by atoms with E-state index >= 15 is 0 Å². The van der Waals surface area contributed by atoms with Gasteiger partial charge < -0.3 is 4.74 Å². The van der Waals surface area contributed by atoms with Crippen LogP contribution in [0.1, 0.15) is 44.6 Å². The number of hydrogen-bond acceptors (Lipinski definition) is 2. The Morgan fingerprint density at radius 3 is 2.90 bits per heavy atom. The predicted octanol–water partition coefficient (Wildman–Crippen LogP) is 4.86. The second-order valence-electron chi connectivity index (χ2n) is 5.82. The predicted molar refractivity (Wildman–Crippen MR) is 88.2 cm³/mol. The van der Waals surface area contributed by atoms with Crippen molar-refractivity contribution in [3.05, 3.63) is 28.2 Å². The van der Waals surface area contributed by atoms with Gasteiger partial charge in [0, 0.05) is 11.0 Å². The molecule has 0 spiro atoms. The second kappa shape index (κ2) is 8.04. The van der Waals surface area contributed by atoms with E-state index in [4.69, 9.17) is 4.74 Å². The zero-order valence-corrected chi connectivity index (χ0v) is 14.3. The Labute approximate surface area is 131 Å². The third-order valence-corrected chi connectivity index (χ3v) is 5.06. The van der Waals surface area contributed by atoms with E-state index in [-0.39, 0.29) is 0 Å². The molecule has 2 nitrogen and oxygen atoms in total. The van der Waals surface area contributed by atoms with E-state index < -0.39 is 0 Å². The molecule has 1 aromatic rings. The Bertz CT molecular complexity index is 421. The lowest BCUT2D eigenvalue weighted by Crippen LogP contribution is -2.24. The number of likely N-dealkylation sites (tertiary alicyclic amines) is 1. The van der Waals surface area contributed by atoms with Crippen LogP contribution in [0.5, 0.6) is 5.75 Å². The molecule has 0 amide bonds. The van der Waals surface area contributed by atoms with E-state index in [1.807, 2.05) is 6.07 Å². The van der Waals surface area contributed by atoms with Crippen molar-refractivity contribution in [2.24, 2.45) is 5.92 Å². The minimum absolute atomic E-state index is 0.943. The average Bonchev–Trinajstić information content (AvgIpc) is 2.67. The summed E-state index contributed by atoms with van der Waals surface area (Å²) in [6, 6.07) is 6.25. The lowest BCUT2D eigenvalue weighted by Gasteiger charge is -2.21. The SMILES string of the molecule is CCCC1CCCN(Cc2cc(OC)ccc2Br)CC1. The largest absolute Gasteiger partial charge is 0.497 e. The maximum absolute atomic E-state index is 5.33. The average molecular weight is 340 g/mol. The molecule has 1 aromatic carbocycles.